The summed E-state index contributed by atoms with van der Waals surface area (Å²) in [6, 6.07) is 41.7. The predicted octanol–water partition coefficient (Wildman–Crippen LogP) is 6.67. The van der Waals surface area contributed by atoms with Gasteiger partial charge < -0.3 is 16.2 Å². The topological polar surface area (TPSA) is 76.1 Å². The Hall–Kier alpha value is -4.94. The quantitative estimate of drug-likeness (QED) is 0.152. The zero-order chi connectivity index (χ0) is 27.5. The molecule has 6 rings (SSSR count). The Balaban J connectivity index is 1.72. The Morgan fingerprint density at radius 2 is 1.32 bits per heavy atom. The zero-order valence-corrected chi connectivity index (χ0v) is 21.8. The van der Waals surface area contributed by atoms with Crippen LogP contribution in [0.25, 0.3) is 22.2 Å². The first-order valence-electron chi connectivity index (χ1n) is 13.2. The lowest BCUT2D eigenvalue weighted by Gasteiger charge is -2.37. The molecule has 0 unspecified atom stereocenters. The lowest BCUT2D eigenvalue weighted by atomic mass is 9.77. The summed E-state index contributed by atoms with van der Waals surface area (Å²) in [6.45, 7) is 0.132. The predicted molar refractivity (Wildman–Crippen MR) is 160 cm³/mol. The van der Waals surface area contributed by atoms with Crippen LogP contribution < -0.4 is 11.1 Å². The third kappa shape index (κ3) is 4.28. The molecule has 1 aromatic heterocycles. The summed E-state index contributed by atoms with van der Waals surface area (Å²) in [6.07, 6.45) is 0. The van der Waals surface area contributed by atoms with Crippen LogP contribution in [0.5, 0.6) is 0 Å². The highest BCUT2D eigenvalue weighted by atomic mass is 19.1. The van der Waals surface area contributed by atoms with E-state index in [-0.39, 0.29) is 13.2 Å². The summed E-state index contributed by atoms with van der Waals surface area (Å²) >= 11 is 0. The second-order valence-corrected chi connectivity index (χ2v) is 9.69. The van der Waals surface area contributed by atoms with E-state index in [2.05, 4.69) is 46.4 Å². The maximum atomic E-state index is 14.7. The van der Waals surface area contributed by atoms with Gasteiger partial charge in [0.25, 0.3) is 0 Å². The van der Waals surface area contributed by atoms with Gasteiger partial charge >= 0.3 is 0 Å². The Labute approximate surface area is 232 Å². The lowest BCUT2D eigenvalue weighted by molar-refractivity contribution is 0.311. The number of nitrogens with one attached hydrogen (secondary N) is 1. The van der Waals surface area contributed by atoms with E-state index in [9.17, 15) is 9.50 Å². The monoisotopic (exact) mass is 528 g/mol. The van der Waals surface area contributed by atoms with Crippen molar-refractivity contribution in [2.45, 2.75) is 5.54 Å². The number of hydrogen-bond donors (Lipinski definition) is 3. The van der Waals surface area contributed by atoms with E-state index in [4.69, 9.17) is 10.8 Å². The van der Waals surface area contributed by atoms with E-state index in [0.29, 0.717) is 17.1 Å². The fourth-order valence-corrected chi connectivity index (χ4v) is 5.51. The summed E-state index contributed by atoms with van der Waals surface area (Å²) in [5, 5.41) is 18.4. The van der Waals surface area contributed by atoms with Gasteiger partial charge in [0, 0.05) is 23.2 Å². The molecule has 0 aliphatic heterocycles. The third-order valence-electron chi connectivity index (χ3n) is 7.26. The van der Waals surface area contributed by atoms with Crippen molar-refractivity contribution in [1.82, 2.24) is 9.78 Å². The molecule has 0 bridgehead atoms. The van der Waals surface area contributed by atoms with E-state index in [0.717, 1.165) is 33.2 Å². The van der Waals surface area contributed by atoms with Gasteiger partial charge in [0.05, 0.1) is 17.8 Å². The van der Waals surface area contributed by atoms with Gasteiger partial charge in [-0.15, -0.1) is 0 Å². The van der Waals surface area contributed by atoms with Gasteiger partial charge in [-0.2, -0.15) is 5.10 Å². The molecule has 0 amide bonds. The van der Waals surface area contributed by atoms with Gasteiger partial charge in [-0.05, 0) is 53.1 Å². The number of aliphatic hydroxyl groups is 1. The molecule has 0 fully saturated rings. The minimum Gasteiger partial charge on any atom is -0.399 e. The number of halogens is 1. The first-order chi connectivity index (χ1) is 19.6. The molecule has 5 aromatic carbocycles. The smallest absolute Gasteiger partial charge is 0.146 e. The molecule has 6 aromatic rings. The standard InChI is InChI=1S/C34H29FN4O/c35-30-18-16-24(22-31(30)37-20-21-40)33-29-23-28(36)17-19-32(29)39(38-33)34(25-10-4-1-5-11-25,26-12-6-2-7-13-26)27-14-8-3-9-15-27/h1-19,22-23,37,40H,20-21,36H2. The lowest BCUT2D eigenvalue weighted by Crippen LogP contribution is -2.38. The van der Waals surface area contributed by atoms with Crippen LogP contribution in [-0.2, 0) is 5.54 Å². The average molecular weight is 529 g/mol. The first-order valence-corrected chi connectivity index (χ1v) is 13.2. The fourth-order valence-electron chi connectivity index (χ4n) is 5.51. The molecule has 198 valence electrons. The van der Waals surface area contributed by atoms with E-state index in [1.165, 1.54) is 6.07 Å². The van der Waals surface area contributed by atoms with E-state index < -0.39 is 11.4 Å². The molecule has 1 heterocycles. The Morgan fingerprint density at radius 3 is 1.88 bits per heavy atom. The van der Waals surface area contributed by atoms with Crippen LogP contribution in [-0.4, -0.2) is 28.0 Å². The molecule has 4 N–H and O–H groups in total. The number of rotatable bonds is 8. The largest absolute Gasteiger partial charge is 0.399 e. The maximum absolute atomic E-state index is 14.7. The molecule has 0 spiro atoms. The Bertz CT molecular complexity index is 1660. The minimum absolute atomic E-state index is 0.106. The summed E-state index contributed by atoms with van der Waals surface area (Å²) in [5.41, 5.74) is 11.8. The van der Waals surface area contributed by atoms with Crippen LogP contribution in [0.2, 0.25) is 0 Å². The summed E-state index contributed by atoms with van der Waals surface area (Å²) < 4.78 is 16.7. The zero-order valence-electron chi connectivity index (χ0n) is 21.8. The van der Waals surface area contributed by atoms with Crippen molar-refractivity contribution in [2.75, 3.05) is 24.2 Å². The van der Waals surface area contributed by atoms with Gasteiger partial charge in [0.15, 0.2) is 0 Å². The highest BCUT2D eigenvalue weighted by Gasteiger charge is 2.41. The maximum Gasteiger partial charge on any atom is 0.146 e. The van der Waals surface area contributed by atoms with Gasteiger partial charge in [-0.1, -0.05) is 91.0 Å². The molecule has 0 saturated heterocycles. The second kappa shape index (κ2) is 10.7. The molecule has 0 radical (unpaired) electrons. The SMILES string of the molecule is Nc1ccc2c(c1)c(-c1ccc(F)c(NCCO)c1)nn2C(c1ccccc1)(c1ccccc1)c1ccccc1. The van der Waals surface area contributed by atoms with E-state index in [1.807, 2.05) is 72.8 Å². The summed E-state index contributed by atoms with van der Waals surface area (Å²) in [4.78, 5) is 0. The first kappa shape index (κ1) is 25.3. The van der Waals surface area contributed by atoms with Crippen LogP contribution in [0.4, 0.5) is 15.8 Å². The molecular weight excluding hydrogens is 499 g/mol. The summed E-state index contributed by atoms with van der Waals surface area (Å²) in [5.74, 6) is -0.396. The number of hydrogen-bond acceptors (Lipinski definition) is 4. The molecule has 6 heteroatoms. The van der Waals surface area contributed by atoms with Gasteiger partial charge in [-0.3, -0.25) is 0 Å². The van der Waals surface area contributed by atoms with Gasteiger partial charge in [0.1, 0.15) is 17.1 Å². The van der Waals surface area contributed by atoms with Crippen molar-refractivity contribution >= 4 is 22.3 Å². The fraction of sp³-hybridized carbons (Fsp3) is 0.0882. The highest BCUT2D eigenvalue weighted by molar-refractivity contribution is 5.96. The Kier molecular flexibility index (Phi) is 6.76. The number of nitrogen functional groups attached to an aromatic ring is 1. The van der Waals surface area contributed by atoms with E-state index >= 15 is 0 Å². The second-order valence-electron chi connectivity index (χ2n) is 9.69. The van der Waals surface area contributed by atoms with Crippen molar-refractivity contribution in [3.05, 3.63) is 150 Å². The highest BCUT2D eigenvalue weighted by Crippen LogP contribution is 2.44. The third-order valence-corrected chi connectivity index (χ3v) is 7.26. The molecule has 0 atom stereocenters. The average Bonchev–Trinajstić information content (AvgIpc) is 3.37. The molecule has 0 aliphatic carbocycles. The van der Waals surface area contributed by atoms with Gasteiger partial charge in [0.2, 0.25) is 0 Å². The van der Waals surface area contributed by atoms with Gasteiger partial charge in [-0.25, -0.2) is 9.07 Å². The van der Waals surface area contributed by atoms with Crippen molar-refractivity contribution < 1.29 is 9.50 Å². The number of aliphatic hydroxyl groups excluding tert-OH is 1. The van der Waals surface area contributed by atoms with Crippen molar-refractivity contribution in [3.8, 4) is 11.3 Å². The van der Waals surface area contributed by atoms with E-state index in [1.54, 1.807) is 12.1 Å². The number of anilines is 2. The molecule has 40 heavy (non-hydrogen) atoms. The van der Waals surface area contributed by atoms with Crippen LogP contribution in [0.3, 0.4) is 0 Å². The van der Waals surface area contributed by atoms with Crippen molar-refractivity contribution in [3.63, 3.8) is 0 Å². The molecule has 0 saturated carbocycles. The normalized spacial score (nSPS) is 11.6. The molecule has 0 aliphatic rings. The summed E-state index contributed by atoms with van der Waals surface area (Å²) in [7, 11) is 0. The van der Waals surface area contributed by atoms with Crippen LogP contribution in [0, 0.1) is 5.82 Å². The number of aromatic nitrogens is 2. The van der Waals surface area contributed by atoms with Crippen molar-refractivity contribution in [1.29, 1.82) is 0 Å². The minimum atomic E-state index is -0.825. The Morgan fingerprint density at radius 1 is 0.750 bits per heavy atom. The number of benzene rings is 5. The van der Waals surface area contributed by atoms with Crippen LogP contribution in [0.1, 0.15) is 16.7 Å². The number of nitrogens with zero attached hydrogens (tertiary/aromatic N) is 2. The van der Waals surface area contributed by atoms with Crippen LogP contribution >= 0.6 is 0 Å². The van der Waals surface area contributed by atoms with Crippen LogP contribution in [0.15, 0.2) is 127 Å². The molecular formula is C34H29FN4O. The number of nitrogens with two attached hydrogens (primary N) is 1. The molecule has 5 nitrogen and oxygen atoms in total. The number of fused-ring (bicyclic) bond motifs is 1. The van der Waals surface area contributed by atoms with Crippen molar-refractivity contribution in [2.24, 2.45) is 0 Å².